The van der Waals surface area contributed by atoms with Crippen molar-refractivity contribution in [3.05, 3.63) is 21.9 Å². The van der Waals surface area contributed by atoms with E-state index in [0.717, 1.165) is 23.2 Å². The lowest BCUT2D eigenvalue weighted by Crippen LogP contribution is -2.58. The zero-order valence-electron chi connectivity index (χ0n) is 12.4. The van der Waals surface area contributed by atoms with Gasteiger partial charge in [-0.1, -0.05) is 39.3 Å². The molecule has 2 rings (SSSR count). The van der Waals surface area contributed by atoms with Gasteiger partial charge in [0, 0.05) is 18.1 Å². The number of hydrogen-bond acceptors (Lipinski definition) is 3. The molecule has 0 aromatic carbocycles. The Hall–Kier alpha value is -0.320. The third-order valence-electron chi connectivity index (χ3n) is 3.95. The van der Waals surface area contributed by atoms with Crippen molar-refractivity contribution in [2.24, 2.45) is 11.3 Å². The smallest absolute Gasteiger partial charge is 0.143 e. The Labute approximate surface area is 134 Å². The van der Waals surface area contributed by atoms with Crippen LogP contribution in [0.2, 0.25) is 5.15 Å². The van der Waals surface area contributed by atoms with E-state index in [-0.39, 0.29) is 5.41 Å². The maximum atomic E-state index is 5.98. The van der Waals surface area contributed by atoms with Gasteiger partial charge >= 0.3 is 0 Å². The van der Waals surface area contributed by atoms with Crippen LogP contribution in [-0.4, -0.2) is 23.7 Å². The fraction of sp³-hybridized carbons (Fsp3) is 0.667. The molecule has 0 saturated heterocycles. The molecule has 0 bridgehead atoms. The molecule has 112 valence electrons. The Morgan fingerprint density at radius 3 is 2.80 bits per heavy atom. The van der Waals surface area contributed by atoms with Crippen molar-refractivity contribution in [1.29, 1.82) is 0 Å². The van der Waals surface area contributed by atoms with Crippen molar-refractivity contribution in [2.75, 3.05) is 11.9 Å². The number of aromatic nitrogens is 1. The van der Waals surface area contributed by atoms with E-state index in [0.29, 0.717) is 23.2 Å². The predicted molar refractivity (Wildman–Crippen MR) is 87.3 cm³/mol. The molecule has 1 aromatic rings. The Morgan fingerprint density at radius 2 is 2.25 bits per heavy atom. The maximum absolute atomic E-state index is 5.98. The normalized spacial score (nSPS) is 24.6. The standard InChI is InChI=1S/C15H22BrClN2O/c1-9(2)8-20-13-6-12(15(13,3)4)19-10-5-11(16)14(17)18-7-10/h5,7,9,12-13,19H,6,8H2,1-4H3. The summed E-state index contributed by atoms with van der Waals surface area (Å²) in [6, 6.07) is 2.36. The van der Waals surface area contributed by atoms with Crippen molar-refractivity contribution in [3.8, 4) is 0 Å². The lowest BCUT2D eigenvalue weighted by molar-refractivity contribution is -0.108. The van der Waals surface area contributed by atoms with E-state index in [9.17, 15) is 0 Å². The van der Waals surface area contributed by atoms with Crippen molar-refractivity contribution < 1.29 is 4.74 Å². The van der Waals surface area contributed by atoms with Gasteiger partial charge < -0.3 is 10.1 Å². The van der Waals surface area contributed by atoms with E-state index in [1.165, 1.54) is 0 Å². The number of rotatable bonds is 5. The number of nitrogens with one attached hydrogen (secondary N) is 1. The van der Waals surface area contributed by atoms with Crippen LogP contribution in [0.15, 0.2) is 16.7 Å². The minimum Gasteiger partial charge on any atom is -0.380 e. The van der Waals surface area contributed by atoms with Crippen LogP contribution in [0.25, 0.3) is 0 Å². The van der Waals surface area contributed by atoms with Crippen molar-refractivity contribution in [1.82, 2.24) is 4.98 Å². The van der Waals surface area contributed by atoms with E-state index >= 15 is 0 Å². The highest BCUT2D eigenvalue weighted by Crippen LogP contribution is 2.44. The number of pyridine rings is 1. The third kappa shape index (κ3) is 3.46. The summed E-state index contributed by atoms with van der Waals surface area (Å²) < 4.78 is 6.79. The molecule has 1 fully saturated rings. The number of anilines is 1. The zero-order valence-corrected chi connectivity index (χ0v) is 14.8. The van der Waals surface area contributed by atoms with Gasteiger partial charge in [-0.2, -0.15) is 0 Å². The van der Waals surface area contributed by atoms with Crippen LogP contribution in [0.3, 0.4) is 0 Å². The quantitative estimate of drug-likeness (QED) is 0.769. The fourth-order valence-corrected chi connectivity index (χ4v) is 2.88. The molecule has 1 saturated carbocycles. The van der Waals surface area contributed by atoms with Crippen molar-refractivity contribution >= 4 is 33.2 Å². The SMILES string of the molecule is CC(C)COC1CC(Nc2cnc(Cl)c(Br)c2)C1(C)C. The molecule has 1 aliphatic rings. The second-order valence-corrected chi connectivity index (χ2v) is 7.68. The van der Waals surface area contributed by atoms with Crippen LogP contribution in [-0.2, 0) is 4.74 Å². The molecule has 1 aromatic heterocycles. The number of nitrogens with zero attached hydrogens (tertiary/aromatic N) is 1. The second-order valence-electron chi connectivity index (χ2n) is 6.47. The maximum Gasteiger partial charge on any atom is 0.143 e. The van der Waals surface area contributed by atoms with Crippen LogP contribution in [0.5, 0.6) is 0 Å². The summed E-state index contributed by atoms with van der Waals surface area (Å²) in [5, 5.41) is 4.01. The van der Waals surface area contributed by atoms with Gasteiger partial charge in [0.25, 0.3) is 0 Å². The molecule has 1 aliphatic carbocycles. The van der Waals surface area contributed by atoms with Gasteiger partial charge in [0.05, 0.1) is 22.5 Å². The second kappa shape index (κ2) is 6.20. The molecule has 0 aliphatic heterocycles. The summed E-state index contributed by atoms with van der Waals surface area (Å²) in [7, 11) is 0. The summed E-state index contributed by atoms with van der Waals surface area (Å²) in [6.07, 6.45) is 3.12. The molecule has 1 N–H and O–H groups in total. The van der Waals surface area contributed by atoms with Crippen LogP contribution in [0, 0.1) is 11.3 Å². The Bertz CT molecular complexity index is 479. The molecule has 2 unspecified atom stereocenters. The Morgan fingerprint density at radius 1 is 1.55 bits per heavy atom. The van der Waals surface area contributed by atoms with Gasteiger partial charge in [-0.15, -0.1) is 0 Å². The molecular weight excluding hydrogens is 340 g/mol. The minimum atomic E-state index is 0.126. The first-order valence-electron chi connectivity index (χ1n) is 7.00. The van der Waals surface area contributed by atoms with Gasteiger partial charge in [-0.3, -0.25) is 0 Å². The lowest BCUT2D eigenvalue weighted by Gasteiger charge is -2.52. The summed E-state index contributed by atoms with van der Waals surface area (Å²) in [5.41, 5.74) is 1.11. The molecule has 2 atom stereocenters. The van der Waals surface area contributed by atoms with E-state index in [1.807, 2.05) is 6.07 Å². The molecule has 1 heterocycles. The first kappa shape index (κ1) is 16.1. The van der Waals surface area contributed by atoms with Gasteiger partial charge in [0.15, 0.2) is 0 Å². The largest absolute Gasteiger partial charge is 0.380 e. The summed E-state index contributed by atoms with van der Waals surface area (Å²) in [6.45, 7) is 9.68. The number of hydrogen-bond donors (Lipinski definition) is 1. The molecule has 0 radical (unpaired) electrons. The van der Waals surface area contributed by atoms with E-state index in [2.05, 4.69) is 53.9 Å². The highest BCUT2D eigenvalue weighted by Gasteiger charge is 2.49. The average molecular weight is 362 g/mol. The summed E-state index contributed by atoms with van der Waals surface area (Å²) in [4.78, 5) is 4.14. The molecule has 0 amide bonds. The van der Waals surface area contributed by atoms with Crippen LogP contribution < -0.4 is 5.32 Å². The van der Waals surface area contributed by atoms with Gasteiger partial charge in [-0.25, -0.2) is 4.98 Å². The number of halogens is 2. The Balaban J connectivity index is 1.93. The summed E-state index contributed by atoms with van der Waals surface area (Å²) >= 11 is 9.31. The van der Waals surface area contributed by atoms with Gasteiger partial charge in [-0.05, 0) is 34.3 Å². The molecule has 0 spiro atoms. The molecular formula is C15H22BrClN2O. The summed E-state index contributed by atoms with van der Waals surface area (Å²) in [5.74, 6) is 0.578. The van der Waals surface area contributed by atoms with Gasteiger partial charge in [0.2, 0.25) is 0 Å². The van der Waals surface area contributed by atoms with E-state index in [1.54, 1.807) is 6.20 Å². The monoisotopic (exact) mass is 360 g/mol. The minimum absolute atomic E-state index is 0.126. The molecule has 3 nitrogen and oxygen atoms in total. The Kier molecular flexibility index (Phi) is 4.98. The van der Waals surface area contributed by atoms with E-state index < -0.39 is 0 Å². The predicted octanol–water partition coefficient (Wildman–Crippen LogP) is 4.75. The lowest BCUT2D eigenvalue weighted by atomic mass is 9.64. The topological polar surface area (TPSA) is 34.1 Å². The van der Waals surface area contributed by atoms with Crippen LogP contribution in [0.1, 0.15) is 34.1 Å². The van der Waals surface area contributed by atoms with Crippen molar-refractivity contribution in [2.45, 2.75) is 46.3 Å². The van der Waals surface area contributed by atoms with Crippen LogP contribution in [0.4, 0.5) is 5.69 Å². The number of ether oxygens (including phenoxy) is 1. The molecule has 5 heteroatoms. The first-order chi connectivity index (χ1) is 9.30. The fourth-order valence-electron chi connectivity index (χ4n) is 2.42. The van der Waals surface area contributed by atoms with Crippen LogP contribution >= 0.6 is 27.5 Å². The highest BCUT2D eigenvalue weighted by molar-refractivity contribution is 9.10. The molecule has 20 heavy (non-hydrogen) atoms. The van der Waals surface area contributed by atoms with Crippen molar-refractivity contribution in [3.63, 3.8) is 0 Å². The highest BCUT2D eigenvalue weighted by atomic mass is 79.9. The van der Waals surface area contributed by atoms with E-state index in [4.69, 9.17) is 16.3 Å². The third-order valence-corrected chi connectivity index (χ3v) is 5.08. The average Bonchev–Trinajstić information content (AvgIpc) is 2.36. The zero-order chi connectivity index (χ0) is 14.9. The van der Waals surface area contributed by atoms with Gasteiger partial charge in [0.1, 0.15) is 5.15 Å². The first-order valence-corrected chi connectivity index (χ1v) is 8.17.